The summed E-state index contributed by atoms with van der Waals surface area (Å²) in [5, 5.41) is 14.4. The molecule has 2 amide bonds. The van der Waals surface area contributed by atoms with Gasteiger partial charge in [0, 0.05) is 25.6 Å². The van der Waals surface area contributed by atoms with Crippen LogP contribution in [-0.4, -0.2) is 52.7 Å². The van der Waals surface area contributed by atoms with Crippen molar-refractivity contribution in [1.29, 1.82) is 0 Å². The Bertz CT molecular complexity index is 959. The highest BCUT2D eigenvalue weighted by molar-refractivity contribution is 5.91. The SMILES string of the molecule is CC[C@@](C)(C(=O)NC1CCCCC1)N(C[C@@H]1CCCO1)C(=O)CCc1cc(C(C)(C)C)c(O)c(C(C)(C)C)c1. The topological polar surface area (TPSA) is 78.9 Å². The number of amides is 2. The van der Waals surface area contributed by atoms with Crippen molar-refractivity contribution < 1.29 is 19.4 Å². The average Bonchev–Trinajstić information content (AvgIpc) is 3.38. The summed E-state index contributed by atoms with van der Waals surface area (Å²) >= 11 is 0. The second-order valence-corrected chi connectivity index (χ2v) is 14.1. The van der Waals surface area contributed by atoms with Crippen molar-refractivity contribution >= 4 is 11.8 Å². The van der Waals surface area contributed by atoms with Gasteiger partial charge < -0.3 is 20.1 Å². The minimum atomic E-state index is -0.928. The first-order valence-corrected chi connectivity index (χ1v) is 15.3. The minimum absolute atomic E-state index is 0.0173. The van der Waals surface area contributed by atoms with Crippen LogP contribution in [0.5, 0.6) is 5.75 Å². The van der Waals surface area contributed by atoms with Gasteiger partial charge in [-0.1, -0.05) is 79.9 Å². The van der Waals surface area contributed by atoms with Gasteiger partial charge >= 0.3 is 0 Å². The van der Waals surface area contributed by atoms with Crippen LogP contribution < -0.4 is 5.32 Å². The van der Waals surface area contributed by atoms with Crippen LogP contribution in [0.1, 0.15) is 130 Å². The molecule has 0 spiro atoms. The van der Waals surface area contributed by atoms with Crippen molar-refractivity contribution in [1.82, 2.24) is 10.2 Å². The molecule has 39 heavy (non-hydrogen) atoms. The van der Waals surface area contributed by atoms with Gasteiger partial charge in [-0.05, 0) is 73.0 Å². The summed E-state index contributed by atoms with van der Waals surface area (Å²) in [7, 11) is 0. The summed E-state index contributed by atoms with van der Waals surface area (Å²) in [6.45, 7) is 17.7. The monoisotopic (exact) mass is 542 g/mol. The average molecular weight is 543 g/mol. The van der Waals surface area contributed by atoms with Crippen LogP contribution >= 0.6 is 0 Å². The molecule has 2 aliphatic rings. The van der Waals surface area contributed by atoms with Crippen molar-refractivity contribution in [2.24, 2.45) is 0 Å². The lowest BCUT2D eigenvalue weighted by atomic mass is 9.78. The predicted octanol–water partition coefficient (Wildman–Crippen LogP) is 6.55. The maximum atomic E-state index is 14.0. The van der Waals surface area contributed by atoms with Gasteiger partial charge in [-0.25, -0.2) is 0 Å². The summed E-state index contributed by atoms with van der Waals surface area (Å²) < 4.78 is 5.93. The van der Waals surface area contributed by atoms with E-state index in [1.165, 1.54) is 6.42 Å². The van der Waals surface area contributed by atoms with Gasteiger partial charge in [-0.15, -0.1) is 0 Å². The van der Waals surface area contributed by atoms with Crippen LogP contribution in [0.25, 0.3) is 0 Å². The van der Waals surface area contributed by atoms with Crippen molar-refractivity contribution in [3.8, 4) is 5.75 Å². The standard InChI is InChI=1S/C33H54N2O4/c1-9-33(8,30(38)34-24-14-11-10-12-15-24)35(22-25-16-13-19-39-25)28(36)18-17-23-20-26(31(2,3)4)29(37)27(21-23)32(5,6)7/h20-21,24-25,37H,9-19,22H2,1-8H3,(H,34,38)/t25-,33-/m0/s1. The van der Waals surface area contributed by atoms with Crippen LogP contribution in [0.2, 0.25) is 0 Å². The highest BCUT2D eigenvalue weighted by Crippen LogP contribution is 2.40. The maximum absolute atomic E-state index is 14.0. The van der Waals surface area contributed by atoms with Crippen molar-refractivity contribution in [3.63, 3.8) is 0 Å². The maximum Gasteiger partial charge on any atom is 0.245 e. The number of aromatic hydroxyl groups is 1. The number of carbonyl (C=O) groups is 2. The zero-order valence-corrected chi connectivity index (χ0v) is 25.9. The van der Waals surface area contributed by atoms with E-state index in [9.17, 15) is 14.7 Å². The van der Waals surface area contributed by atoms with Gasteiger partial charge in [0.05, 0.1) is 6.10 Å². The fourth-order valence-electron chi connectivity index (χ4n) is 6.00. The Morgan fingerprint density at radius 3 is 2.03 bits per heavy atom. The largest absolute Gasteiger partial charge is 0.507 e. The molecule has 1 aromatic carbocycles. The zero-order chi connectivity index (χ0) is 29.0. The number of nitrogens with one attached hydrogen (secondary N) is 1. The Kier molecular flexibility index (Phi) is 10.2. The molecular weight excluding hydrogens is 488 g/mol. The molecule has 2 atom stereocenters. The Hall–Kier alpha value is -2.08. The fraction of sp³-hybridized carbons (Fsp3) is 0.758. The number of hydrogen-bond acceptors (Lipinski definition) is 4. The van der Waals surface area contributed by atoms with Crippen LogP contribution in [0, 0.1) is 0 Å². The summed E-state index contributed by atoms with van der Waals surface area (Å²) in [6.07, 6.45) is 8.81. The first-order chi connectivity index (χ1) is 18.2. The normalized spacial score (nSPS) is 20.5. The molecular formula is C33H54N2O4. The van der Waals surface area contributed by atoms with E-state index in [4.69, 9.17) is 4.74 Å². The van der Waals surface area contributed by atoms with Crippen LogP contribution in [0.4, 0.5) is 0 Å². The number of aryl methyl sites for hydroxylation is 1. The molecule has 2 fully saturated rings. The zero-order valence-electron chi connectivity index (χ0n) is 25.9. The third kappa shape index (κ3) is 7.77. The smallest absolute Gasteiger partial charge is 0.245 e. The molecule has 1 aliphatic carbocycles. The second kappa shape index (κ2) is 12.6. The predicted molar refractivity (Wildman–Crippen MR) is 158 cm³/mol. The third-order valence-electron chi connectivity index (χ3n) is 8.84. The Labute approximate surface area is 237 Å². The molecule has 2 N–H and O–H groups in total. The van der Waals surface area contributed by atoms with E-state index in [2.05, 4.69) is 59.0 Å². The van der Waals surface area contributed by atoms with E-state index < -0.39 is 5.54 Å². The van der Waals surface area contributed by atoms with Crippen molar-refractivity contribution in [3.05, 3.63) is 28.8 Å². The molecule has 0 aromatic heterocycles. The first kappa shape index (κ1) is 31.4. The van der Waals surface area contributed by atoms with E-state index in [1.54, 1.807) is 0 Å². The molecule has 1 saturated carbocycles. The molecule has 0 bridgehead atoms. The summed E-state index contributed by atoms with van der Waals surface area (Å²) in [5.41, 5.74) is 1.46. The second-order valence-electron chi connectivity index (χ2n) is 14.1. The van der Waals surface area contributed by atoms with Crippen molar-refractivity contribution in [2.75, 3.05) is 13.2 Å². The highest BCUT2D eigenvalue weighted by Gasteiger charge is 2.42. The number of hydrogen-bond donors (Lipinski definition) is 2. The van der Waals surface area contributed by atoms with Gasteiger partial charge in [0.2, 0.25) is 11.8 Å². The quantitative estimate of drug-likeness (QED) is 0.371. The first-order valence-electron chi connectivity index (χ1n) is 15.3. The number of carbonyl (C=O) groups excluding carboxylic acids is 2. The molecule has 220 valence electrons. The summed E-state index contributed by atoms with van der Waals surface area (Å²) in [6, 6.07) is 4.30. The number of phenolic OH excluding ortho intramolecular Hbond substituents is 1. The molecule has 3 rings (SSSR count). The summed E-state index contributed by atoms with van der Waals surface area (Å²) in [4.78, 5) is 29.5. The molecule has 1 aromatic rings. The van der Waals surface area contributed by atoms with E-state index in [0.29, 0.717) is 38.2 Å². The number of benzene rings is 1. The number of nitrogens with zero attached hydrogens (tertiary/aromatic N) is 1. The van der Waals surface area contributed by atoms with Crippen LogP contribution in [0.15, 0.2) is 12.1 Å². The fourth-order valence-corrected chi connectivity index (χ4v) is 6.00. The Balaban J connectivity index is 1.86. The Morgan fingerprint density at radius 2 is 1.54 bits per heavy atom. The summed E-state index contributed by atoms with van der Waals surface area (Å²) in [5.74, 6) is 0.289. The van der Waals surface area contributed by atoms with Gasteiger partial charge in [-0.3, -0.25) is 9.59 Å². The molecule has 0 radical (unpaired) electrons. The molecule has 1 heterocycles. The lowest BCUT2D eigenvalue weighted by molar-refractivity contribution is -0.149. The molecule has 6 nitrogen and oxygen atoms in total. The van der Waals surface area contributed by atoms with Gasteiger partial charge in [0.25, 0.3) is 0 Å². The molecule has 1 aliphatic heterocycles. The van der Waals surface area contributed by atoms with E-state index in [-0.39, 0.29) is 34.8 Å². The number of ether oxygens (including phenoxy) is 1. The van der Waals surface area contributed by atoms with Crippen molar-refractivity contribution in [2.45, 2.75) is 148 Å². The van der Waals surface area contributed by atoms with E-state index in [1.807, 2.05) is 18.7 Å². The van der Waals surface area contributed by atoms with E-state index >= 15 is 0 Å². The minimum Gasteiger partial charge on any atom is -0.507 e. The number of rotatable bonds is 9. The lowest BCUT2D eigenvalue weighted by Gasteiger charge is -2.42. The Morgan fingerprint density at radius 1 is 0.949 bits per heavy atom. The van der Waals surface area contributed by atoms with Gasteiger partial charge in [0.15, 0.2) is 0 Å². The van der Waals surface area contributed by atoms with E-state index in [0.717, 1.165) is 55.2 Å². The highest BCUT2D eigenvalue weighted by atomic mass is 16.5. The van der Waals surface area contributed by atoms with Gasteiger partial charge in [0.1, 0.15) is 11.3 Å². The lowest BCUT2D eigenvalue weighted by Crippen LogP contribution is -2.61. The third-order valence-corrected chi connectivity index (χ3v) is 8.84. The van der Waals surface area contributed by atoms with Gasteiger partial charge in [-0.2, -0.15) is 0 Å². The molecule has 0 unspecified atom stereocenters. The number of phenols is 1. The molecule has 1 saturated heterocycles. The molecule has 6 heteroatoms. The van der Waals surface area contributed by atoms with Crippen LogP contribution in [-0.2, 0) is 31.6 Å². The van der Waals surface area contributed by atoms with Crippen LogP contribution in [0.3, 0.4) is 0 Å².